The van der Waals surface area contributed by atoms with Gasteiger partial charge < -0.3 is 9.67 Å². The first-order chi connectivity index (χ1) is 12.6. The van der Waals surface area contributed by atoms with E-state index in [0.717, 1.165) is 41.8 Å². The number of carboxylic acids is 1. The van der Waals surface area contributed by atoms with Crippen molar-refractivity contribution >= 4 is 17.0 Å². The minimum absolute atomic E-state index is 0.0802. The molecule has 0 fully saturated rings. The largest absolute Gasteiger partial charge is 0.480 e. The number of imidazole rings is 1. The summed E-state index contributed by atoms with van der Waals surface area (Å²) in [7, 11) is 2.07. The Morgan fingerprint density at radius 1 is 1.31 bits per heavy atom. The Hall–Kier alpha value is -2.73. The van der Waals surface area contributed by atoms with Gasteiger partial charge in [-0.3, -0.25) is 14.7 Å². The molecule has 0 amide bonds. The Morgan fingerprint density at radius 3 is 3.00 bits per heavy atom. The van der Waals surface area contributed by atoms with Crippen LogP contribution in [0.3, 0.4) is 0 Å². The van der Waals surface area contributed by atoms with Gasteiger partial charge in [0.1, 0.15) is 12.4 Å². The predicted molar refractivity (Wildman–Crippen MR) is 98.8 cm³/mol. The van der Waals surface area contributed by atoms with Crippen molar-refractivity contribution in [3.05, 3.63) is 59.7 Å². The highest BCUT2D eigenvalue weighted by Gasteiger charge is 2.26. The van der Waals surface area contributed by atoms with Crippen LogP contribution in [0.1, 0.15) is 36.0 Å². The van der Waals surface area contributed by atoms with Crippen molar-refractivity contribution in [2.45, 2.75) is 38.4 Å². The lowest BCUT2D eigenvalue weighted by Crippen LogP contribution is -2.29. The van der Waals surface area contributed by atoms with Crippen LogP contribution >= 0.6 is 0 Å². The van der Waals surface area contributed by atoms with Crippen molar-refractivity contribution in [2.24, 2.45) is 0 Å². The SMILES string of the molecule is CN(Cc1nc2ccccc2n1CC(=O)O)C1CCCc2cccnc21. The van der Waals surface area contributed by atoms with Gasteiger partial charge in [0.15, 0.2) is 0 Å². The smallest absolute Gasteiger partial charge is 0.323 e. The number of rotatable bonds is 5. The molecule has 0 aliphatic heterocycles. The molecule has 1 aliphatic carbocycles. The number of carboxylic acid groups (broad SMARTS) is 1. The van der Waals surface area contributed by atoms with Crippen LogP contribution in [0.2, 0.25) is 0 Å². The fourth-order valence-electron chi connectivity index (χ4n) is 3.91. The molecule has 1 N–H and O–H groups in total. The molecule has 6 nitrogen and oxygen atoms in total. The summed E-state index contributed by atoms with van der Waals surface area (Å²) in [5.74, 6) is -0.0825. The number of aromatic nitrogens is 3. The lowest BCUT2D eigenvalue weighted by molar-refractivity contribution is -0.137. The molecule has 4 rings (SSSR count). The minimum Gasteiger partial charge on any atom is -0.480 e. The molecule has 0 saturated heterocycles. The van der Waals surface area contributed by atoms with Crippen molar-refractivity contribution in [3.8, 4) is 0 Å². The maximum Gasteiger partial charge on any atom is 0.323 e. The van der Waals surface area contributed by atoms with E-state index in [4.69, 9.17) is 4.98 Å². The number of carbonyl (C=O) groups is 1. The third-order valence-corrected chi connectivity index (χ3v) is 5.12. The third-order valence-electron chi connectivity index (χ3n) is 5.12. The molecule has 0 saturated carbocycles. The van der Waals surface area contributed by atoms with Gasteiger partial charge in [-0.2, -0.15) is 0 Å². The summed E-state index contributed by atoms with van der Waals surface area (Å²) in [6.45, 7) is 0.506. The fraction of sp³-hybridized carbons (Fsp3) is 0.350. The lowest BCUT2D eigenvalue weighted by Gasteiger charge is -2.32. The van der Waals surface area contributed by atoms with E-state index in [1.807, 2.05) is 36.5 Å². The first-order valence-electron chi connectivity index (χ1n) is 8.93. The molecular formula is C20H22N4O2. The summed E-state index contributed by atoms with van der Waals surface area (Å²) in [6.07, 6.45) is 5.12. The average Bonchev–Trinajstić information content (AvgIpc) is 2.98. The highest BCUT2D eigenvalue weighted by Crippen LogP contribution is 2.32. The molecule has 2 heterocycles. The second-order valence-electron chi connectivity index (χ2n) is 6.87. The topological polar surface area (TPSA) is 71.2 Å². The summed E-state index contributed by atoms with van der Waals surface area (Å²) in [6, 6.07) is 12.1. The maximum atomic E-state index is 11.3. The molecule has 134 valence electrons. The monoisotopic (exact) mass is 350 g/mol. The van der Waals surface area contributed by atoms with Gasteiger partial charge in [0.2, 0.25) is 0 Å². The molecule has 1 aliphatic rings. The number of hydrogen-bond acceptors (Lipinski definition) is 4. The van der Waals surface area contributed by atoms with Gasteiger partial charge in [-0.05, 0) is 50.1 Å². The van der Waals surface area contributed by atoms with E-state index in [9.17, 15) is 9.90 Å². The molecule has 6 heteroatoms. The molecule has 1 aromatic carbocycles. The van der Waals surface area contributed by atoms with Crippen molar-refractivity contribution in [3.63, 3.8) is 0 Å². The van der Waals surface area contributed by atoms with E-state index in [2.05, 4.69) is 23.0 Å². The van der Waals surface area contributed by atoms with Gasteiger partial charge in [-0.25, -0.2) is 4.98 Å². The van der Waals surface area contributed by atoms with Gasteiger partial charge in [0.05, 0.1) is 29.3 Å². The second kappa shape index (κ2) is 6.88. The van der Waals surface area contributed by atoms with E-state index in [-0.39, 0.29) is 12.6 Å². The van der Waals surface area contributed by atoms with E-state index >= 15 is 0 Å². The molecular weight excluding hydrogens is 328 g/mol. The highest BCUT2D eigenvalue weighted by molar-refractivity contribution is 5.78. The summed E-state index contributed by atoms with van der Waals surface area (Å²) >= 11 is 0. The number of nitrogens with zero attached hydrogens (tertiary/aromatic N) is 4. The van der Waals surface area contributed by atoms with Crippen LogP contribution in [0, 0.1) is 0 Å². The van der Waals surface area contributed by atoms with Crippen LogP contribution in [0.5, 0.6) is 0 Å². The van der Waals surface area contributed by atoms with Crippen LogP contribution in [0.25, 0.3) is 11.0 Å². The lowest BCUT2D eigenvalue weighted by atomic mass is 9.91. The van der Waals surface area contributed by atoms with Gasteiger partial charge in [-0.15, -0.1) is 0 Å². The number of pyridine rings is 1. The molecule has 0 spiro atoms. The molecule has 1 atom stereocenters. The maximum absolute atomic E-state index is 11.3. The molecule has 26 heavy (non-hydrogen) atoms. The molecule has 2 aromatic heterocycles. The van der Waals surface area contributed by atoms with Gasteiger partial charge in [-0.1, -0.05) is 18.2 Å². The molecule has 1 unspecified atom stereocenters. The zero-order valence-corrected chi connectivity index (χ0v) is 14.8. The molecule has 0 radical (unpaired) electrons. The standard InChI is InChI=1S/C20H22N4O2/c1-23(17-10-4-6-14-7-5-11-21-20(14)17)12-18-22-15-8-2-3-9-16(15)24(18)13-19(25)26/h2-3,5,7-9,11,17H,4,6,10,12-13H2,1H3,(H,25,26). The number of para-hydroxylation sites is 2. The van der Waals surface area contributed by atoms with E-state index in [0.29, 0.717) is 6.54 Å². The van der Waals surface area contributed by atoms with Gasteiger partial charge >= 0.3 is 5.97 Å². The van der Waals surface area contributed by atoms with Crippen molar-refractivity contribution in [2.75, 3.05) is 7.05 Å². The summed E-state index contributed by atoms with van der Waals surface area (Å²) in [4.78, 5) is 22.9. The number of benzene rings is 1. The first-order valence-corrected chi connectivity index (χ1v) is 8.93. The fourth-order valence-corrected chi connectivity index (χ4v) is 3.91. The molecule has 0 bridgehead atoms. The second-order valence-corrected chi connectivity index (χ2v) is 6.87. The first kappa shape index (κ1) is 16.7. The van der Waals surface area contributed by atoms with Crippen LogP contribution < -0.4 is 0 Å². The van der Waals surface area contributed by atoms with Crippen molar-refractivity contribution in [1.82, 2.24) is 19.4 Å². The Morgan fingerprint density at radius 2 is 2.15 bits per heavy atom. The minimum atomic E-state index is -0.860. The number of hydrogen-bond donors (Lipinski definition) is 1. The summed E-state index contributed by atoms with van der Waals surface area (Å²) < 4.78 is 1.80. The van der Waals surface area contributed by atoms with Crippen LogP contribution in [0.4, 0.5) is 0 Å². The quantitative estimate of drug-likeness (QED) is 0.766. The predicted octanol–water partition coefficient (Wildman–Crippen LogP) is 3.03. The zero-order chi connectivity index (χ0) is 18.1. The Balaban J connectivity index is 1.66. The Kier molecular flexibility index (Phi) is 4.42. The van der Waals surface area contributed by atoms with E-state index in [1.54, 1.807) is 4.57 Å². The normalized spacial score (nSPS) is 16.8. The van der Waals surface area contributed by atoms with Gasteiger partial charge in [0.25, 0.3) is 0 Å². The van der Waals surface area contributed by atoms with Gasteiger partial charge in [0, 0.05) is 6.20 Å². The molecule has 3 aromatic rings. The Bertz CT molecular complexity index is 950. The zero-order valence-electron chi connectivity index (χ0n) is 14.8. The highest BCUT2D eigenvalue weighted by atomic mass is 16.4. The Labute approximate surface area is 152 Å². The number of aryl methyl sites for hydroxylation is 1. The van der Waals surface area contributed by atoms with Crippen molar-refractivity contribution < 1.29 is 9.90 Å². The average molecular weight is 350 g/mol. The van der Waals surface area contributed by atoms with Crippen molar-refractivity contribution in [1.29, 1.82) is 0 Å². The summed E-state index contributed by atoms with van der Waals surface area (Å²) in [5, 5.41) is 9.31. The third kappa shape index (κ3) is 3.08. The van der Waals surface area contributed by atoms with Crippen LogP contribution in [0.15, 0.2) is 42.6 Å². The number of aliphatic carboxylic acids is 1. The number of fused-ring (bicyclic) bond motifs is 2. The van der Waals surface area contributed by atoms with E-state index in [1.165, 1.54) is 5.56 Å². The van der Waals surface area contributed by atoms with Crippen LogP contribution in [-0.4, -0.2) is 37.6 Å². The van der Waals surface area contributed by atoms with E-state index < -0.39 is 5.97 Å². The summed E-state index contributed by atoms with van der Waals surface area (Å²) in [5.41, 5.74) is 4.15. The van der Waals surface area contributed by atoms with Crippen LogP contribution in [-0.2, 0) is 24.3 Å².